The number of carbonyl (C=O) groups is 1. The molecule has 0 saturated carbocycles. The van der Waals surface area contributed by atoms with Crippen LogP contribution < -0.4 is 33.3 Å². The number of hydrogen-bond donors (Lipinski definition) is 2. The maximum Gasteiger partial charge on any atom is 0.231 e. The maximum atomic E-state index is 14.6. The molecule has 11 heteroatoms. The van der Waals surface area contributed by atoms with Crippen molar-refractivity contribution in [2.45, 2.75) is 12.0 Å². The molecule has 2 heterocycles. The molecule has 0 aromatic heterocycles. The molecule has 0 bridgehead atoms. The van der Waals surface area contributed by atoms with Crippen molar-refractivity contribution in [2.24, 2.45) is 11.8 Å². The van der Waals surface area contributed by atoms with Crippen molar-refractivity contribution < 1.29 is 43.4 Å². The fourth-order valence-corrected chi connectivity index (χ4v) is 6.76. The highest BCUT2D eigenvalue weighted by Gasteiger charge is 2.49. The Bertz CT molecular complexity index is 1480. The van der Waals surface area contributed by atoms with Gasteiger partial charge < -0.3 is 48.4 Å². The second-order valence-corrected chi connectivity index (χ2v) is 11.1. The molecular formula is C33H38N2O9. The topological polar surface area (TPSA) is 119 Å². The standard InChI is InChI=1S/C33H38N2O9/c1-39-21-7-5-20(6-8-21)34-9-11-35(12-10-34)33(38)30-24(17-36)31(37)23-16-26-25(43-18-44-26)15-22(23)29(30)19-13-27(40-2)32(42-4)28(14-19)41-3/h5-8,13-16,24,29-31,36-37H,9-12,17-18H2,1-4H3. The molecule has 3 aromatic carbocycles. The van der Waals surface area contributed by atoms with Gasteiger partial charge in [0.15, 0.2) is 23.0 Å². The Hall–Kier alpha value is -4.35. The second kappa shape index (κ2) is 12.3. The van der Waals surface area contributed by atoms with Gasteiger partial charge in [-0.3, -0.25) is 4.79 Å². The summed E-state index contributed by atoms with van der Waals surface area (Å²) in [5, 5.41) is 22.3. The molecule has 0 spiro atoms. The van der Waals surface area contributed by atoms with Gasteiger partial charge in [0, 0.05) is 50.3 Å². The van der Waals surface area contributed by atoms with Gasteiger partial charge in [0.25, 0.3) is 0 Å². The zero-order valence-electron chi connectivity index (χ0n) is 25.3. The number of methoxy groups -OCH3 is 4. The number of fused-ring (bicyclic) bond motifs is 2. The Morgan fingerprint density at radius 1 is 0.841 bits per heavy atom. The van der Waals surface area contributed by atoms with E-state index in [1.165, 1.54) is 7.11 Å². The Labute approximate surface area is 256 Å². The van der Waals surface area contributed by atoms with Gasteiger partial charge in [-0.25, -0.2) is 0 Å². The number of anilines is 1. The molecule has 2 N–H and O–H groups in total. The predicted molar refractivity (Wildman–Crippen MR) is 161 cm³/mol. The van der Waals surface area contributed by atoms with Crippen LogP contribution in [-0.2, 0) is 4.79 Å². The number of aliphatic hydroxyl groups excluding tert-OH is 2. The molecule has 1 saturated heterocycles. The normalized spacial score (nSPS) is 22.3. The smallest absolute Gasteiger partial charge is 0.231 e. The van der Waals surface area contributed by atoms with Crippen LogP contribution in [0, 0.1) is 11.8 Å². The van der Waals surface area contributed by atoms with E-state index in [-0.39, 0.29) is 12.7 Å². The first-order valence-electron chi connectivity index (χ1n) is 14.6. The number of rotatable bonds is 8. The lowest BCUT2D eigenvalue weighted by Gasteiger charge is -2.45. The van der Waals surface area contributed by atoms with Crippen molar-refractivity contribution in [3.63, 3.8) is 0 Å². The third kappa shape index (κ3) is 5.09. The second-order valence-electron chi connectivity index (χ2n) is 11.1. The number of nitrogens with zero attached hydrogens (tertiary/aromatic N) is 2. The summed E-state index contributed by atoms with van der Waals surface area (Å²) in [6.45, 7) is 1.94. The molecule has 2 aliphatic heterocycles. The summed E-state index contributed by atoms with van der Waals surface area (Å²) in [7, 11) is 6.25. The Morgan fingerprint density at radius 3 is 2.00 bits per heavy atom. The van der Waals surface area contributed by atoms with E-state index in [1.54, 1.807) is 27.4 Å². The first-order chi connectivity index (χ1) is 21.4. The number of aliphatic hydroxyl groups is 2. The van der Waals surface area contributed by atoms with Crippen molar-refractivity contribution in [3.8, 4) is 34.5 Å². The van der Waals surface area contributed by atoms with E-state index in [2.05, 4.69) is 4.90 Å². The van der Waals surface area contributed by atoms with E-state index in [0.29, 0.717) is 60.5 Å². The molecule has 1 aliphatic carbocycles. The van der Waals surface area contributed by atoms with Gasteiger partial charge in [-0.2, -0.15) is 0 Å². The van der Waals surface area contributed by atoms with Gasteiger partial charge in [0.05, 0.1) is 40.5 Å². The molecule has 44 heavy (non-hydrogen) atoms. The van der Waals surface area contributed by atoms with Crippen molar-refractivity contribution >= 4 is 11.6 Å². The number of amides is 1. The summed E-state index contributed by atoms with van der Waals surface area (Å²) in [5.74, 6) is 0.867. The van der Waals surface area contributed by atoms with E-state index in [1.807, 2.05) is 47.4 Å². The molecule has 3 aliphatic rings. The lowest BCUT2D eigenvalue weighted by molar-refractivity contribution is -0.142. The summed E-state index contributed by atoms with van der Waals surface area (Å²) >= 11 is 0. The minimum absolute atomic E-state index is 0.0629. The van der Waals surface area contributed by atoms with Gasteiger partial charge >= 0.3 is 0 Å². The first kappa shape index (κ1) is 29.7. The molecule has 11 nitrogen and oxygen atoms in total. The molecule has 1 fully saturated rings. The van der Waals surface area contributed by atoms with Crippen LogP contribution in [0.3, 0.4) is 0 Å². The fourth-order valence-electron chi connectivity index (χ4n) is 6.76. The largest absolute Gasteiger partial charge is 0.497 e. The maximum absolute atomic E-state index is 14.6. The fraction of sp³-hybridized carbons (Fsp3) is 0.424. The molecular weight excluding hydrogens is 568 g/mol. The van der Waals surface area contributed by atoms with E-state index in [0.717, 1.165) is 22.6 Å². The monoisotopic (exact) mass is 606 g/mol. The third-order valence-electron chi connectivity index (χ3n) is 9.03. The van der Waals surface area contributed by atoms with Gasteiger partial charge in [-0.15, -0.1) is 0 Å². The number of hydrogen-bond acceptors (Lipinski definition) is 10. The van der Waals surface area contributed by atoms with Crippen LogP contribution in [0.1, 0.15) is 28.7 Å². The van der Waals surface area contributed by atoms with Crippen LogP contribution in [0.4, 0.5) is 5.69 Å². The summed E-state index contributed by atoms with van der Waals surface area (Å²) in [5.41, 5.74) is 3.08. The molecule has 0 radical (unpaired) electrons. The summed E-state index contributed by atoms with van der Waals surface area (Å²) < 4.78 is 33.5. The predicted octanol–water partition coefficient (Wildman–Crippen LogP) is 3.20. The van der Waals surface area contributed by atoms with Crippen LogP contribution in [0.2, 0.25) is 0 Å². The average molecular weight is 607 g/mol. The number of ether oxygens (including phenoxy) is 6. The van der Waals surface area contributed by atoms with Crippen LogP contribution in [0.25, 0.3) is 0 Å². The average Bonchev–Trinajstić information content (AvgIpc) is 3.54. The number of piperazine rings is 1. The lowest BCUT2D eigenvalue weighted by Crippen LogP contribution is -2.53. The van der Waals surface area contributed by atoms with Crippen LogP contribution in [-0.4, -0.2) is 89.0 Å². The minimum atomic E-state index is -1.10. The van der Waals surface area contributed by atoms with Crippen LogP contribution >= 0.6 is 0 Å². The summed E-state index contributed by atoms with van der Waals surface area (Å²) in [6, 6.07) is 15.1. The zero-order valence-corrected chi connectivity index (χ0v) is 25.3. The van der Waals surface area contributed by atoms with E-state index >= 15 is 0 Å². The highest BCUT2D eigenvalue weighted by molar-refractivity contribution is 5.82. The van der Waals surface area contributed by atoms with E-state index in [4.69, 9.17) is 28.4 Å². The Kier molecular flexibility index (Phi) is 8.33. The van der Waals surface area contributed by atoms with Crippen molar-refractivity contribution in [2.75, 3.05) is 72.9 Å². The highest BCUT2D eigenvalue weighted by atomic mass is 16.7. The van der Waals surface area contributed by atoms with Gasteiger partial charge in [-0.1, -0.05) is 0 Å². The Balaban J connectivity index is 1.40. The van der Waals surface area contributed by atoms with Crippen molar-refractivity contribution in [3.05, 3.63) is 65.2 Å². The Morgan fingerprint density at radius 2 is 1.45 bits per heavy atom. The molecule has 4 atom stereocenters. The molecule has 6 rings (SSSR count). The van der Waals surface area contributed by atoms with Crippen molar-refractivity contribution in [1.82, 2.24) is 4.90 Å². The minimum Gasteiger partial charge on any atom is -0.497 e. The molecule has 4 unspecified atom stereocenters. The van der Waals surface area contributed by atoms with Gasteiger partial charge in [-0.05, 0) is 65.2 Å². The quantitative estimate of drug-likeness (QED) is 0.396. The zero-order chi connectivity index (χ0) is 31.0. The summed E-state index contributed by atoms with van der Waals surface area (Å²) in [6.07, 6.45) is -1.10. The molecule has 234 valence electrons. The number of carbonyl (C=O) groups excluding carboxylic acids is 1. The first-order valence-corrected chi connectivity index (χ1v) is 14.6. The van der Waals surface area contributed by atoms with Gasteiger partial charge in [0.2, 0.25) is 18.4 Å². The summed E-state index contributed by atoms with van der Waals surface area (Å²) in [4.78, 5) is 18.6. The number of benzene rings is 3. The third-order valence-corrected chi connectivity index (χ3v) is 9.03. The van der Waals surface area contributed by atoms with E-state index in [9.17, 15) is 15.0 Å². The van der Waals surface area contributed by atoms with Gasteiger partial charge in [0.1, 0.15) is 5.75 Å². The SMILES string of the molecule is COc1ccc(N2CCN(C(=O)C3C(c4cc(OC)c(OC)c(OC)c4)c4cc5c(cc4C(O)C3CO)OCO5)CC2)cc1. The molecule has 1 amide bonds. The van der Waals surface area contributed by atoms with E-state index < -0.39 is 30.5 Å². The van der Waals surface area contributed by atoms with Crippen molar-refractivity contribution in [1.29, 1.82) is 0 Å². The lowest BCUT2D eigenvalue weighted by atomic mass is 9.64. The molecule has 3 aromatic rings. The van der Waals surface area contributed by atoms with Crippen LogP contribution in [0.5, 0.6) is 34.5 Å². The highest BCUT2D eigenvalue weighted by Crippen LogP contribution is 2.54. The van der Waals surface area contributed by atoms with Crippen LogP contribution in [0.15, 0.2) is 48.5 Å².